The summed E-state index contributed by atoms with van der Waals surface area (Å²) in [7, 11) is 1.90. The van der Waals surface area contributed by atoms with Crippen molar-refractivity contribution in [2.75, 3.05) is 0 Å². The summed E-state index contributed by atoms with van der Waals surface area (Å²) < 4.78 is 6.21. The van der Waals surface area contributed by atoms with E-state index in [0.717, 1.165) is 5.56 Å². The van der Waals surface area contributed by atoms with Gasteiger partial charge in [0.05, 0.1) is 6.20 Å². The largest absolute Gasteiger partial charge is 0.275 e. The van der Waals surface area contributed by atoms with Crippen molar-refractivity contribution in [3.05, 3.63) is 18.0 Å². The minimum absolute atomic E-state index is 0.179. The van der Waals surface area contributed by atoms with E-state index in [9.17, 15) is 0 Å². The Bertz CT molecular complexity index is 296. The third-order valence-corrected chi connectivity index (χ3v) is 2.01. The molecule has 0 aliphatic heterocycles. The van der Waals surface area contributed by atoms with E-state index in [1.165, 1.54) is 0 Å². The molecule has 0 fully saturated rings. The van der Waals surface area contributed by atoms with Crippen LogP contribution in [0.2, 0.25) is 0 Å². The third-order valence-electron chi connectivity index (χ3n) is 1.25. The molecule has 0 saturated heterocycles. The number of hydrogen-bond acceptors (Lipinski definition) is 3. The molecule has 0 aliphatic rings. The lowest BCUT2D eigenvalue weighted by atomic mass is 10.3. The molecule has 0 aliphatic carbocycles. The predicted molar refractivity (Wildman–Crippen MR) is 58.1 cm³/mol. The molecule has 0 unspecified atom stereocenters. The molecule has 0 bridgehead atoms. The van der Waals surface area contributed by atoms with Crippen LogP contribution in [0.25, 0.3) is 0 Å². The van der Waals surface area contributed by atoms with Crippen molar-refractivity contribution in [1.82, 2.24) is 9.78 Å². The van der Waals surface area contributed by atoms with Crippen LogP contribution >= 0.6 is 11.9 Å². The predicted octanol–water partition coefficient (Wildman–Crippen LogP) is 2.29. The Hall–Kier alpha value is -0.770. The molecule has 1 rings (SSSR count). The number of aromatic nitrogens is 2. The van der Waals surface area contributed by atoms with E-state index in [1.807, 2.05) is 19.5 Å². The summed E-state index contributed by atoms with van der Waals surface area (Å²) in [6.07, 6.45) is 5.57. The Morgan fingerprint density at radius 1 is 1.54 bits per heavy atom. The molecule has 1 aromatic heterocycles. The zero-order valence-corrected chi connectivity index (χ0v) is 9.30. The molecule has 0 N–H and O–H groups in total. The quantitative estimate of drug-likeness (QED) is 0.538. The summed E-state index contributed by atoms with van der Waals surface area (Å²) in [6, 6.07) is 0. The van der Waals surface area contributed by atoms with Gasteiger partial charge in [-0.2, -0.15) is 5.10 Å². The smallest absolute Gasteiger partial charge is 0.0577 e. The first-order chi connectivity index (χ1) is 5.97. The standard InChI is InChI=1S/C9H15N3S/c1-9(2,3)13-11-6-8-5-10-12(4)7-8/h5-7H,1-4H3. The van der Waals surface area contributed by atoms with Crippen molar-refractivity contribution >= 4 is 18.2 Å². The van der Waals surface area contributed by atoms with Gasteiger partial charge in [-0.25, -0.2) is 4.40 Å². The molecule has 0 aromatic carbocycles. The van der Waals surface area contributed by atoms with Gasteiger partial charge in [-0.1, -0.05) is 0 Å². The molecule has 1 aromatic rings. The number of aryl methyl sites for hydroxylation is 1. The maximum atomic E-state index is 4.26. The average molecular weight is 197 g/mol. The van der Waals surface area contributed by atoms with Crippen molar-refractivity contribution in [3.63, 3.8) is 0 Å². The molecule has 3 nitrogen and oxygen atoms in total. The second kappa shape index (κ2) is 3.96. The summed E-state index contributed by atoms with van der Waals surface area (Å²) >= 11 is 1.57. The van der Waals surface area contributed by atoms with Crippen LogP contribution in [0.15, 0.2) is 16.8 Å². The Morgan fingerprint density at radius 2 is 2.23 bits per heavy atom. The Kier molecular flexibility index (Phi) is 3.14. The van der Waals surface area contributed by atoms with Crippen LogP contribution in [0.4, 0.5) is 0 Å². The van der Waals surface area contributed by atoms with E-state index in [4.69, 9.17) is 0 Å². The van der Waals surface area contributed by atoms with Gasteiger partial charge in [0, 0.05) is 29.8 Å². The fourth-order valence-electron chi connectivity index (χ4n) is 0.752. The Morgan fingerprint density at radius 3 is 2.69 bits per heavy atom. The normalized spacial score (nSPS) is 12.6. The second-order valence-corrected chi connectivity index (χ2v) is 5.50. The van der Waals surface area contributed by atoms with E-state index in [1.54, 1.807) is 22.8 Å². The van der Waals surface area contributed by atoms with Crippen molar-refractivity contribution in [2.24, 2.45) is 11.4 Å². The summed E-state index contributed by atoms with van der Waals surface area (Å²) in [6.45, 7) is 6.41. The number of rotatable bonds is 2. The highest BCUT2D eigenvalue weighted by molar-refractivity contribution is 7.99. The summed E-state index contributed by atoms with van der Waals surface area (Å²) in [5.74, 6) is 0. The topological polar surface area (TPSA) is 30.2 Å². The van der Waals surface area contributed by atoms with Crippen LogP contribution < -0.4 is 0 Å². The fraction of sp³-hybridized carbons (Fsp3) is 0.556. The first kappa shape index (κ1) is 10.3. The molecule has 0 amide bonds. The van der Waals surface area contributed by atoms with Gasteiger partial charge in [-0.15, -0.1) is 0 Å². The average Bonchev–Trinajstić information content (AvgIpc) is 2.33. The van der Waals surface area contributed by atoms with Gasteiger partial charge in [0.2, 0.25) is 0 Å². The monoisotopic (exact) mass is 197 g/mol. The summed E-state index contributed by atoms with van der Waals surface area (Å²) in [4.78, 5) is 0. The molecule has 1 heterocycles. The van der Waals surface area contributed by atoms with Crippen LogP contribution in [0, 0.1) is 0 Å². The summed E-state index contributed by atoms with van der Waals surface area (Å²) in [5.41, 5.74) is 1.04. The minimum Gasteiger partial charge on any atom is -0.275 e. The number of nitrogens with zero attached hydrogens (tertiary/aromatic N) is 3. The molecule has 72 valence electrons. The van der Waals surface area contributed by atoms with Gasteiger partial charge in [0.15, 0.2) is 0 Å². The number of hydrogen-bond donors (Lipinski definition) is 0. The van der Waals surface area contributed by atoms with Crippen LogP contribution in [-0.4, -0.2) is 20.7 Å². The lowest BCUT2D eigenvalue weighted by molar-refractivity contribution is 0.767. The van der Waals surface area contributed by atoms with E-state index in [-0.39, 0.29) is 4.75 Å². The van der Waals surface area contributed by atoms with E-state index < -0.39 is 0 Å². The van der Waals surface area contributed by atoms with Crippen molar-refractivity contribution in [3.8, 4) is 0 Å². The minimum atomic E-state index is 0.179. The molecule has 13 heavy (non-hydrogen) atoms. The van der Waals surface area contributed by atoms with Crippen LogP contribution in [-0.2, 0) is 7.05 Å². The molecular weight excluding hydrogens is 182 g/mol. The van der Waals surface area contributed by atoms with Crippen molar-refractivity contribution in [2.45, 2.75) is 25.5 Å². The highest BCUT2D eigenvalue weighted by Crippen LogP contribution is 2.23. The van der Waals surface area contributed by atoms with Gasteiger partial charge < -0.3 is 0 Å². The summed E-state index contributed by atoms with van der Waals surface area (Å²) in [5, 5.41) is 4.05. The first-order valence-corrected chi connectivity index (χ1v) is 4.95. The Balaban J connectivity index is 2.50. The van der Waals surface area contributed by atoms with Gasteiger partial charge in [-0.3, -0.25) is 4.68 Å². The molecular formula is C9H15N3S. The first-order valence-electron chi connectivity index (χ1n) is 4.17. The van der Waals surface area contributed by atoms with Gasteiger partial charge in [-0.05, 0) is 32.7 Å². The third kappa shape index (κ3) is 4.12. The van der Waals surface area contributed by atoms with Crippen molar-refractivity contribution < 1.29 is 0 Å². The van der Waals surface area contributed by atoms with Gasteiger partial charge in [0.25, 0.3) is 0 Å². The molecule has 0 saturated carbocycles. The van der Waals surface area contributed by atoms with Crippen LogP contribution in [0.5, 0.6) is 0 Å². The molecule has 0 radical (unpaired) electrons. The second-order valence-electron chi connectivity index (χ2n) is 3.89. The maximum absolute atomic E-state index is 4.26. The lowest BCUT2D eigenvalue weighted by Gasteiger charge is -2.11. The highest BCUT2D eigenvalue weighted by Gasteiger charge is 2.08. The molecule has 0 spiro atoms. The van der Waals surface area contributed by atoms with E-state index in [2.05, 4.69) is 30.3 Å². The highest BCUT2D eigenvalue weighted by atomic mass is 32.2. The zero-order valence-electron chi connectivity index (χ0n) is 8.48. The fourth-order valence-corrected chi connectivity index (χ4v) is 1.24. The lowest BCUT2D eigenvalue weighted by Crippen LogP contribution is -2.04. The van der Waals surface area contributed by atoms with E-state index in [0.29, 0.717) is 0 Å². The van der Waals surface area contributed by atoms with Crippen LogP contribution in [0.3, 0.4) is 0 Å². The van der Waals surface area contributed by atoms with Crippen LogP contribution in [0.1, 0.15) is 26.3 Å². The zero-order chi connectivity index (χ0) is 9.90. The SMILES string of the molecule is Cn1cc(C=NSC(C)(C)C)cn1. The van der Waals surface area contributed by atoms with Crippen molar-refractivity contribution in [1.29, 1.82) is 0 Å². The molecule has 4 heteroatoms. The Labute approximate surface area is 83.4 Å². The maximum Gasteiger partial charge on any atom is 0.0577 e. The molecule has 0 atom stereocenters. The van der Waals surface area contributed by atoms with E-state index >= 15 is 0 Å². The van der Waals surface area contributed by atoms with Gasteiger partial charge >= 0.3 is 0 Å². The van der Waals surface area contributed by atoms with Gasteiger partial charge in [0.1, 0.15) is 0 Å².